The number of benzene rings is 4. The molecule has 180 valence electrons. The van der Waals surface area contributed by atoms with E-state index >= 15 is 0 Å². The highest BCUT2D eigenvalue weighted by Gasteiger charge is 2.24. The van der Waals surface area contributed by atoms with E-state index in [2.05, 4.69) is 139 Å². The number of rotatable bonds is 4. The molecule has 36 heavy (non-hydrogen) atoms. The number of aryl methyl sites for hydroxylation is 1. The summed E-state index contributed by atoms with van der Waals surface area (Å²) in [5.41, 5.74) is 9.58. The minimum atomic E-state index is -4.94. The Morgan fingerprint density at radius 3 is 1.28 bits per heavy atom. The van der Waals surface area contributed by atoms with Crippen molar-refractivity contribution in [1.82, 2.24) is 0 Å². The predicted octanol–water partition coefficient (Wildman–Crippen LogP) is 2.52. The molecule has 5 rings (SSSR count). The minimum Gasteiger partial charge on any atom is -0.222 e. The van der Waals surface area contributed by atoms with E-state index in [9.17, 15) is 0 Å². The van der Waals surface area contributed by atoms with Crippen LogP contribution in [0.2, 0.25) is 0 Å². The van der Waals surface area contributed by atoms with E-state index in [1.807, 2.05) is 0 Å². The first-order valence-electron chi connectivity index (χ1n) is 11.2. The van der Waals surface area contributed by atoms with Gasteiger partial charge in [0, 0.05) is 35.4 Å². The largest absolute Gasteiger partial charge is 0.222 e. The van der Waals surface area contributed by atoms with Crippen LogP contribution in [0.25, 0.3) is 39.3 Å². The second-order valence-electron chi connectivity index (χ2n) is 8.16. The maximum absolute atomic E-state index is 8.49. The van der Waals surface area contributed by atoms with Crippen molar-refractivity contribution >= 4 is 0 Å². The molecule has 0 atom stereocenters. The third-order valence-corrected chi connectivity index (χ3v) is 5.60. The predicted molar refractivity (Wildman–Crippen MR) is 129 cm³/mol. The second kappa shape index (κ2) is 11.3. The Labute approximate surface area is 212 Å². The van der Waals surface area contributed by atoms with Crippen LogP contribution < -0.4 is 23.2 Å². The molecule has 0 saturated carbocycles. The van der Waals surface area contributed by atoms with Gasteiger partial charge in [0.2, 0.25) is 17.1 Å². The molecule has 0 saturated heterocycles. The van der Waals surface area contributed by atoms with Crippen molar-refractivity contribution in [2.75, 3.05) is 0 Å². The molecule has 1 heterocycles. The molecule has 0 bridgehead atoms. The number of halogens is 1. The van der Waals surface area contributed by atoms with Crippen molar-refractivity contribution < 1.29 is 33.4 Å². The molecular weight excluding hydrogens is 474 g/mol. The Morgan fingerprint density at radius 2 is 0.861 bits per heavy atom. The lowest BCUT2D eigenvalue weighted by molar-refractivity contribution is -2.00. The lowest BCUT2D eigenvalue weighted by Crippen LogP contribution is -2.68. The van der Waals surface area contributed by atoms with E-state index in [1.54, 1.807) is 0 Å². The number of hydrogen-bond donors (Lipinski definition) is 0. The van der Waals surface area contributed by atoms with Gasteiger partial charge in [0.25, 0.3) is 0 Å². The maximum Gasteiger partial charge on any atom is 0.219 e. The molecule has 0 amide bonds. The van der Waals surface area contributed by atoms with E-state index in [0.29, 0.717) is 0 Å². The summed E-state index contributed by atoms with van der Waals surface area (Å²) in [5, 5.41) is 0. The lowest BCUT2D eigenvalue weighted by atomic mass is 9.98. The Bertz CT molecular complexity index is 1340. The molecule has 4 aromatic carbocycles. The van der Waals surface area contributed by atoms with Gasteiger partial charge in [-0.2, -0.15) is 4.57 Å². The Kier molecular flexibility index (Phi) is 7.90. The van der Waals surface area contributed by atoms with Crippen molar-refractivity contribution in [3.63, 3.8) is 0 Å². The van der Waals surface area contributed by atoms with Crippen molar-refractivity contribution in [2.24, 2.45) is 0 Å². The zero-order valence-corrected chi connectivity index (χ0v) is 20.3. The molecule has 6 heteroatoms. The van der Waals surface area contributed by atoms with Gasteiger partial charge in [0.05, 0.1) is 0 Å². The third kappa shape index (κ3) is 6.64. The summed E-state index contributed by atoms with van der Waals surface area (Å²) in [5.74, 6) is 0. The fraction of sp³-hybridized carbons (Fsp3) is 0.0333. The highest BCUT2D eigenvalue weighted by atomic mass is 35.7. The van der Waals surface area contributed by atoms with Gasteiger partial charge in [0.15, 0.2) is 0 Å². The van der Waals surface area contributed by atoms with Gasteiger partial charge in [-0.3, -0.25) is 0 Å². The molecule has 0 fully saturated rings. The van der Waals surface area contributed by atoms with Crippen molar-refractivity contribution in [3.8, 4) is 39.3 Å². The summed E-state index contributed by atoms with van der Waals surface area (Å²) in [6.07, 6.45) is 0. The molecule has 0 spiro atoms. The van der Waals surface area contributed by atoms with E-state index in [1.165, 1.54) is 39.2 Å². The highest BCUT2D eigenvalue weighted by Crippen LogP contribution is 2.30. The van der Waals surface area contributed by atoms with E-state index in [0.717, 1.165) is 5.69 Å². The average Bonchev–Trinajstić information content (AvgIpc) is 2.89. The standard InChI is InChI=1S/C30H24N.ClHO4/c1-23-17-19-24(20-18-23)27-21-29(25-11-5-2-6-12-25)31(28-15-9-4-10-16-28)30(22-27)26-13-7-3-8-14-26;2-1(3,4)5/h2-22H,1H3;(H,2,3,4,5)/q+1;/p-1. The van der Waals surface area contributed by atoms with E-state index in [-0.39, 0.29) is 0 Å². The zero-order chi connectivity index (χ0) is 25.5. The van der Waals surface area contributed by atoms with Crippen molar-refractivity contribution in [2.45, 2.75) is 6.92 Å². The van der Waals surface area contributed by atoms with E-state index in [4.69, 9.17) is 18.6 Å². The molecule has 0 aliphatic carbocycles. The first-order valence-corrected chi connectivity index (χ1v) is 12.5. The Balaban J connectivity index is 0.000000556. The Morgan fingerprint density at radius 1 is 0.472 bits per heavy atom. The van der Waals surface area contributed by atoms with Crippen LogP contribution in [0, 0.1) is 17.2 Å². The van der Waals surface area contributed by atoms with Crippen LogP contribution >= 0.6 is 0 Å². The number of aromatic nitrogens is 1. The topological polar surface area (TPSA) is 96.1 Å². The first kappa shape index (κ1) is 25.3. The van der Waals surface area contributed by atoms with Gasteiger partial charge in [-0.25, -0.2) is 18.6 Å². The molecule has 1 aromatic heterocycles. The number of pyridine rings is 1. The summed E-state index contributed by atoms with van der Waals surface area (Å²) in [6.45, 7) is 2.13. The summed E-state index contributed by atoms with van der Waals surface area (Å²) in [7, 11) is -4.94. The lowest BCUT2D eigenvalue weighted by Gasteiger charge is -2.17. The first-order chi connectivity index (χ1) is 17.3. The van der Waals surface area contributed by atoms with Crippen LogP contribution in [0.5, 0.6) is 0 Å². The number of para-hydroxylation sites is 1. The van der Waals surface area contributed by atoms with Crippen molar-refractivity contribution in [3.05, 3.63) is 133 Å². The smallest absolute Gasteiger partial charge is 0.219 e. The van der Waals surface area contributed by atoms with Crippen LogP contribution in [0.1, 0.15) is 5.56 Å². The monoisotopic (exact) mass is 497 g/mol. The molecule has 5 aromatic rings. The van der Waals surface area contributed by atoms with Crippen LogP contribution in [-0.4, -0.2) is 0 Å². The summed E-state index contributed by atoms with van der Waals surface area (Å²) in [6, 6.07) is 45.3. The molecule has 0 N–H and O–H groups in total. The summed E-state index contributed by atoms with van der Waals surface area (Å²) >= 11 is 0. The summed E-state index contributed by atoms with van der Waals surface area (Å²) < 4.78 is 36.3. The van der Waals surface area contributed by atoms with Gasteiger partial charge in [-0.05, 0) is 42.3 Å². The molecule has 0 aliphatic heterocycles. The van der Waals surface area contributed by atoms with Crippen molar-refractivity contribution in [1.29, 1.82) is 0 Å². The number of hydrogen-bond acceptors (Lipinski definition) is 4. The highest BCUT2D eigenvalue weighted by molar-refractivity contribution is 5.74. The molecule has 5 nitrogen and oxygen atoms in total. The Hall–Kier alpha value is -3.84. The second-order valence-corrected chi connectivity index (χ2v) is 8.92. The maximum atomic E-state index is 8.49. The third-order valence-electron chi connectivity index (χ3n) is 5.60. The van der Waals surface area contributed by atoms with Gasteiger partial charge in [-0.15, -0.1) is 10.2 Å². The normalized spacial score (nSPS) is 10.9. The minimum absolute atomic E-state index is 1.15. The van der Waals surface area contributed by atoms with Gasteiger partial charge >= 0.3 is 0 Å². The van der Waals surface area contributed by atoms with Gasteiger partial charge in [-0.1, -0.05) is 84.4 Å². The fourth-order valence-electron chi connectivity index (χ4n) is 4.01. The zero-order valence-electron chi connectivity index (χ0n) is 19.6. The molecular formula is C30H24ClNO4. The van der Waals surface area contributed by atoms with Crippen LogP contribution in [0.3, 0.4) is 0 Å². The van der Waals surface area contributed by atoms with Gasteiger partial charge < -0.3 is 0 Å². The van der Waals surface area contributed by atoms with E-state index < -0.39 is 10.2 Å². The fourth-order valence-corrected chi connectivity index (χ4v) is 4.01. The quantitative estimate of drug-likeness (QED) is 0.356. The van der Waals surface area contributed by atoms with Crippen LogP contribution in [-0.2, 0) is 0 Å². The molecule has 0 aliphatic rings. The summed E-state index contributed by atoms with van der Waals surface area (Å²) in [4.78, 5) is 0. The molecule has 0 radical (unpaired) electrons. The van der Waals surface area contributed by atoms with Crippen LogP contribution in [0.15, 0.2) is 127 Å². The average molecular weight is 498 g/mol. The molecule has 0 unspecified atom stereocenters. The van der Waals surface area contributed by atoms with Gasteiger partial charge in [0.1, 0.15) is 0 Å². The van der Waals surface area contributed by atoms with Crippen LogP contribution in [0.4, 0.5) is 0 Å². The number of nitrogens with zero attached hydrogens (tertiary/aromatic N) is 1. The SMILES string of the molecule is Cc1ccc(-c2cc(-c3ccccc3)[n+](-c3ccccc3)c(-c3ccccc3)c2)cc1.[O-][Cl+3]([O-])([O-])[O-].